The molecular weight excluding hydrogens is 318 g/mol. The van der Waals surface area contributed by atoms with E-state index in [9.17, 15) is 0 Å². The number of aryl methyl sites for hydroxylation is 3. The SMILES string of the molecule is CCc1nn(C)c(OC)c1CNc1nc(C)nc2ccc(OC)cc12. The Balaban J connectivity index is 1.99. The number of rotatable bonds is 6. The molecule has 0 atom stereocenters. The highest BCUT2D eigenvalue weighted by Gasteiger charge is 2.16. The standard InChI is InChI=1S/C18H23N5O2/c1-6-15-14(18(25-5)23(3)22-15)10-19-17-13-9-12(24-4)7-8-16(13)20-11(2)21-17/h7-9H,6,10H2,1-5H3,(H,19,20,21). The van der Waals surface area contributed by atoms with Crippen LogP contribution in [0.4, 0.5) is 5.82 Å². The van der Waals surface area contributed by atoms with E-state index in [1.807, 2.05) is 32.2 Å². The van der Waals surface area contributed by atoms with Crippen molar-refractivity contribution in [3.8, 4) is 11.6 Å². The quantitative estimate of drug-likeness (QED) is 0.743. The summed E-state index contributed by atoms with van der Waals surface area (Å²) in [6, 6.07) is 5.78. The van der Waals surface area contributed by atoms with E-state index in [0.29, 0.717) is 12.4 Å². The zero-order valence-corrected chi connectivity index (χ0v) is 15.3. The lowest BCUT2D eigenvalue weighted by atomic mass is 10.2. The molecule has 0 saturated carbocycles. The zero-order chi connectivity index (χ0) is 18.0. The molecule has 132 valence electrons. The molecule has 0 spiro atoms. The van der Waals surface area contributed by atoms with Crippen molar-refractivity contribution in [1.82, 2.24) is 19.7 Å². The van der Waals surface area contributed by atoms with Crippen LogP contribution in [0.3, 0.4) is 0 Å². The van der Waals surface area contributed by atoms with Crippen LogP contribution < -0.4 is 14.8 Å². The molecule has 3 aromatic rings. The lowest BCUT2D eigenvalue weighted by Crippen LogP contribution is -2.06. The van der Waals surface area contributed by atoms with E-state index in [2.05, 4.69) is 27.3 Å². The molecule has 1 aromatic carbocycles. The van der Waals surface area contributed by atoms with Crippen LogP contribution in [-0.2, 0) is 20.0 Å². The zero-order valence-electron chi connectivity index (χ0n) is 15.3. The van der Waals surface area contributed by atoms with Crippen molar-refractivity contribution in [2.45, 2.75) is 26.8 Å². The molecule has 0 saturated heterocycles. The van der Waals surface area contributed by atoms with E-state index >= 15 is 0 Å². The van der Waals surface area contributed by atoms with Gasteiger partial charge in [-0.25, -0.2) is 14.6 Å². The normalized spacial score (nSPS) is 10.9. The minimum absolute atomic E-state index is 0.572. The molecule has 0 fully saturated rings. The molecule has 7 heteroatoms. The van der Waals surface area contributed by atoms with Gasteiger partial charge in [-0.05, 0) is 31.5 Å². The molecule has 0 bridgehead atoms. The first-order valence-corrected chi connectivity index (χ1v) is 8.22. The third-order valence-electron chi connectivity index (χ3n) is 4.15. The Morgan fingerprint density at radius 1 is 1.16 bits per heavy atom. The number of benzene rings is 1. The van der Waals surface area contributed by atoms with Gasteiger partial charge in [0.15, 0.2) is 0 Å². The van der Waals surface area contributed by atoms with Crippen molar-refractivity contribution >= 4 is 16.7 Å². The average Bonchev–Trinajstić information content (AvgIpc) is 2.93. The first-order chi connectivity index (χ1) is 12.1. The van der Waals surface area contributed by atoms with Crippen LogP contribution >= 0.6 is 0 Å². The number of fused-ring (bicyclic) bond motifs is 1. The summed E-state index contributed by atoms with van der Waals surface area (Å²) in [5.41, 5.74) is 2.93. The monoisotopic (exact) mass is 341 g/mol. The Kier molecular flexibility index (Phi) is 4.74. The van der Waals surface area contributed by atoms with Gasteiger partial charge in [0.2, 0.25) is 5.88 Å². The fourth-order valence-corrected chi connectivity index (χ4v) is 2.98. The van der Waals surface area contributed by atoms with E-state index in [0.717, 1.165) is 46.0 Å². The van der Waals surface area contributed by atoms with Crippen molar-refractivity contribution in [1.29, 1.82) is 0 Å². The summed E-state index contributed by atoms with van der Waals surface area (Å²) in [6.07, 6.45) is 0.839. The van der Waals surface area contributed by atoms with E-state index in [4.69, 9.17) is 9.47 Å². The van der Waals surface area contributed by atoms with E-state index in [1.54, 1.807) is 18.9 Å². The van der Waals surface area contributed by atoms with Gasteiger partial charge in [0.1, 0.15) is 17.4 Å². The summed E-state index contributed by atoms with van der Waals surface area (Å²) in [5, 5.41) is 8.86. The van der Waals surface area contributed by atoms with Crippen molar-refractivity contribution in [3.63, 3.8) is 0 Å². The minimum atomic E-state index is 0.572. The number of nitrogens with one attached hydrogen (secondary N) is 1. The van der Waals surface area contributed by atoms with Gasteiger partial charge in [-0.3, -0.25) is 0 Å². The van der Waals surface area contributed by atoms with Crippen LogP contribution in [0.2, 0.25) is 0 Å². The van der Waals surface area contributed by atoms with Crippen molar-refractivity contribution < 1.29 is 9.47 Å². The van der Waals surface area contributed by atoms with Crippen LogP contribution in [0.15, 0.2) is 18.2 Å². The fourth-order valence-electron chi connectivity index (χ4n) is 2.98. The Labute approximate surface area is 147 Å². The summed E-state index contributed by atoms with van der Waals surface area (Å²) in [7, 11) is 5.20. The van der Waals surface area contributed by atoms with Crippen LogP contribution in [0.1, 0.15) is 24.0 Å². The highest BCUT2D eigenvalue weighted by atomic mass is 16.5. The molecule has 0 radical (unpaired) electrons. The first-order valence-electron chi connectivity index (χ1n) is 8.22. The van der Waals surface area contributed by atoms with Gasteiger partial charge in [-0.15, -0.1) is 0 Å². The molecule has 0 aliphatic heterocycles. The molecule has 7 nitrogen and oxygen atoms in total. The predicted molar refractivity (Wildman–Crippen MR) is 97.3 cm³/mol. The van der Waals surface area contributed by atoms with Crippen LogP contribution in [0.25, 0.3) is 10.9 Å². The number of aromatic nitrogens is 4. The number of methoxy groups -OCH3 is 2. The number of ether oxygens (including phenoxy) is 2. The number of hydrogen-bond acceptors (Lipinski definition) is 6. The van der Waals surface area contributed by atoms with Gasteiger partial charge >= 0.3 is 0 Å². The minimum Gasteiger partial charge on any atom is -0.497 e. The Morgan fingerprint density at radius 3 is 2.64 bits per heavy atom. The van der Waals surface area contributed by atoms with E-state index < -0.39 is 0 Å². The second-order valence-corrected chi connectivity index (χ2v) is 5.77. The van der Waals surface area contributed by atoms with Crippen molar-refractivity contribution in [2.24, 2.45) is 7.05 Å². The summed E-state index contributed by atoms with van der Waals surface area (Å²) < 4.78 is 12.6. The molecule has 3 rings (SSSR count). The maximum atomic E-state index is 5.50. The topological polar surface area (TPSA) is 74.1 Å². The van der Waals surface area contributed by atoms with Gasteiger partial charge in [-0.2, -0.15) is 5.10 Å². The van der Waals surface area contributed by atoms with Crippen LogP contribution in [0.5, 0.6) is 11.6 Å². The second-order valence-electron chi connectivity index (χ2n) is 5.77. The third kappa shape index (κ3) is 3.22. The number of anilines is 1. The molecule has 0 amide bonds. The van der Waals surface area contributed by atoms with Crippen LogP contribution in [-0.4, -0.2) is 34.0 Å². The lowest BCUT2D eigenvalue weighted by Gasteiger charge is -2.12. The summed E-state index contributed by atoms with van der Waals surface area (Å²) in [4.78, 5) is 9.05. The van der Waals surface area contributed by atoms with Gasteiger partial charge in [0, 0.05) is 19.0 Å². The highest BCUT2D eigenvalue weighted by molar-refractivity contribution is 5.90. The second kappa shape index (κ2) is 6.96. The number of nitrogens with zero attached hydrogens (tertiary/aromatic N) is 4. The maximum absolute atomic E-state index is 5.50. The highest BCUT2D eigenvalue weighted by Crippen LogP contribution is 2.27. The lowest BCUT2D eigenvalue weighted by molar-refractivity contribution is 0.369. The fraction of sp³-hybridized carbons (Fsp3) is 0.389. The largest absolute Gasteiger partial charge is 0.497 e. The third-order valence-corrected chi connectivity index (χ3v) is 4.15. The maximum Gasteiger partial charge on any atom is 0.216 e. The average molecular weight is 341 g/mol. The molecule has 2 heterocycles. The van der Waals surface area contributed by atoms with Gasteiger partial charge in [-0.1, -0.05) is 6.92 Å². The molecule has 0 aliphatic rings. The molecule has 25 heavy (non-hydrogen) atoms. The Hall–Kier alpha value is -2.83. The molecular formula is C18H23N5O2. The molecule has 0 aliphatic carbocycles. The van der Waals surface area contributed by atoms with E-state index in [1.165, 1.54) is 0 Å². The first kappa shape index (κ1) is 17.0. The Morgan fingerprint density at radius 2 is 1.96 bits per heavy atom. The molecule has 2 aromatic heterocycles. The molecule has 1 N–H and O–H groups in total. The van der Waals surface area contributed by atoms with Crippen LogP contribution in [0, 0.1) is 6.92 Å². The molecule has 0 unspecified atom stereocenters. The summed E-state index contributed by atoms with van der Waals surface area (Å²) >= 11 is 0. The predicted octanol–water partition coefficient (Wildman–Crippen LogP) is 2.86. The summed E-state index contributed by atoms with van der Waals surface area (Å²) in [5.74, 6) is 3.02. The van der Waals surface area contributed by atoms with E-state index in [-0.39, 0.29) is 0 Å². The summed E-state index contributed by atoms with van der Waals surface area (Å²) in [6.45, 7) is 4.54. The number of hydrogen-bond donors (Lipinski definition) is 1. The van der Waals surface area contributed by atoms with Crippen molar-refractivity contribution in [3.05, 3.63) is 35.3 Å². The van der Waals surface area contributed by atoms with Gasteiger partial charge in [0.25, 0.3) is 0 Å². The Bertz CT molecular complexity index is 904. The van der Waals surface area contributed by atoms with Gasteiger partial charge in [0.05, 0.1) is 31.0 Å². The smallest absolute Gasteiger partial charge is 0.216 e. The van der Waals surface area contributed by atoms with Crippen molar-refractivity contribution in [2.75, 3.05) is 19.5 Å². The van der Waals surface area contributed by atoms with Gasteiger partial charge < -0.3 is 14.8 Å².